The molecule has 0 rings (SSSR count). The smallest absolute Gasteiger partial charge is 0.308 e. The van der Waals surface area contributed by atoms with Crippen molar-refractivity contribution in [2.45, 2.75) is 45.1 Å². The molecule has 0 heterocycles. The summed E-state index contributed by atoms with van der Waals surface area (Å²) >= 11 is 0. The van der Waals surface area contributed by atoms with E-state index in [4.69, 9.17) is 9.84 Å². The summed E-state index contributed by atoms with van der Waals surface area (Å²) in [5, 5.41) is 17.9. The van der Waals surface area contributed by atoms with E-state index in [9.17, 15) is 9.90 Å². The van der Waals surface area contributed by atoms with E-state index >= 15 is 0 Å². The molecule has 0 amide bonds. The van der Waals surface area contributed by atoms with Crippen LogP contribution in [0.2, 0.25) is 0 Å². The largest absolute Gasteiger partial charge is 0.466 e. The summed E-state index contributed by atoms with van der Waals surface area (Å²) in [6.07, 6.45) is 2.17. The lowest BCUT2D eigenvalue weighted by molar-refractivity contribution is -0.145. The monoisotopic (exact) mass is 204 g/mol. The van der Waals surface area contributed by atoms with Gasteiger partial charge in [0.25, 0.3) is 0 Å². The number of aliphatic hydroxyl groups is 2. The molecular formula is C10H20O4. The van der Waals surface area contributed by atoms with E-state index in [1.54, 1.807) is 0 Å². The van der Waals surface area contributed by atoms with E-state index in [1.165, 1.54) is 0 Å². The average Bonchev–Trinajstić information content (AvgIpc) is 2.15. The SMILES string of the molecule is CCCOC(=O)CC(O)CCCCO. The number of carbonyl (C=O) groups is 1. The predicted molar refractivity (Wildman–Crippen MR) is 52.8 cm³/mol. The summed E-state index contributed by atoms with van der Waals surface area (Å²) in [5.74, 6) is -0.344. The van der Waals surface area contributed by atoms with Crippen molar-refractivity contribution >= 4 is 5.97 Å². The van der Waals surface area contributed by atoms with Crippen molar-refractivity contribution in [1.29, 1.82) is 0 Å². The van der Waals surface area contributed by atoms with Gasteiger partial charge in [0.15, 0.2) is 0 Å². The highest BCUT2D eigenvalue weighted by molar-refractivity contribution is 5.69. The second-order valence-corrected chi connectivity index (χ2v) is 3.30. The van der Waals surface area contributed by atoms with Crippen molar-refractivity contribution in [2.75, 3.05) is 13.2 Å². The van der Waals surface area contributed by atoms with Crippen LogP contribution in [0.3, 0.4) is 0 Å². The third-order valence-electron chi connectivity index (χ3n) is 1.81. The molecule has 0 fully saturated rings. The lowest BCUT2D eigenvalue weighted by Gasteiger charge is -2.09. The van der Waals surface area contributed by atoms with Crippen LogP contribution in [0.5, 0.6) is 0 Å². The molecule has 0 aromatic carbocycles. The molecule has 0 bridgehead atoms. The van der Waals surface area contributed by atoms with Crippen molar-refractivity contribution < 1.29 is 19.7 Å². The summed E-state index contributed by atoms with van der Waals surface area (Å²) < 4.78 is 4.82. The Balaban J connectivity index is 3.40. The lowest BCUT2D eigenvalue weighted by atomic mass is 10.1. The minimum absolute atomic E-state index is 0.0609. The molecule has 0 saturated heterocycles. The summed E-state index contributed by atoms with van der Waals surface area (Å²) in [6.45, 7) is 2.47. The molecule has 1 unspecified atom stereocenters. The van der Waals surface area contributed by atoms with E-state index in [2.05, 4.69) is 0 Å². The zero-order chi connectivity index (χ0) is 10.8. The fourth-order valence-electron chi connectivity index (χ4n) is 1.06. The second-order valence-electron chi connectivity index (χ2n) is 3.30. The van der Waals surface area contributed by atoms with Gasteiger partial charge < -0.3 is 14.9 Å². The molecule has 0 aromatic rings. The molecule has 84 valence electrons. The first-order valence-corrected chi connectivity index (χ1v) is 5.15. The highest BCUT2D eigenvalue weighted by atomic mass is 16.5. The van der Waals surface area contributed by atoms with Crippen LogP contribution in [0.1, 0.15) is 39.0 Å². The van der Waals surface area contributed by atoms with Gasteiger partial charge in [0.05, 0.1) is 19.1 Å². The van der Waals surface area contributed by atoms with Gasteiger partial charge in [-0.3, -0.25) is 4.79 Å². The van der Waals surface area contributed by atoms with Crippen LogP contribution < -0.4 is 0 Å². The molecule has 0 radical (unpaired) electrons. The molecule has 0 aromatic heterocycles. The van der Waals surface area contributed by atoms with Crippen LogP contribution in [0, 0.1) is 0 Å². The zero-order valence-electron chi connectivity index (χ0n) is 8.74. The Morgan fingerprint density at radius 2 is 2.14 bits per heavy atom. The number of hydrogen-bond donors (Lipinski definition) is 2. The number of unbranched alkanes of at least 4 members (excludes halogenated alkanes) is 1. The Bertz CT molecular complexity index is 147. The van der Waals surface area contributed by atoms with Crippen molar-refractivity contribution in [3.63, 3.8) is 0 Å². The van der Waals surface area contributed by atoms with Gasteiger partial charge in [-0.25, -0.2) is 0 Å². The first kappa shape index (κ1) is 13.4. The molecule has 0 aliphatic rings. The number of rotatable bonds is 8. The van der Waals surface area contributed by atoms with Gasteiger partial charge in [0, 0.05) is 6.61 Å². The molecule has 0 aliphatic carbocycles. The van der Waals surface area contributed by atoms with Crippen LogP contribution in [0.25, 0.3) is 0 Å². The number of esters is 1. The summed E-state index contributed by atoms with van der Waals surface area (Å²) in [5.41, 5.74) is 0. The Morgan fingerprint density at radius 1 is 1.43 bits per heavy atom. The van der Waals surface area contributed by atoms with E-state index < -0.39 is 6.10 Å². The van der Waals surface area contributed by atoms with Gasteiger partial charge in [-0.1, -0.05) is 6.92 Å². The van der Waals surface area contributed by atoms with Crippen LogP contribution in [-0.4, -0.2) is 35.5 Å². The number of ether oxygens (including phenoxy) is 1. The van der Waals surface area contributed by atoms with Gasteiger partial charge >= 0.3 is 5.97 Å². The quantitative estimate of drug-likeness (QED) is 0.454. The molecule has 4 heteroatoms. The standard InChI is InChI=1S/C10H20O4/c1-2-7-14-10(13)8-9(12)5-3-4-6-11/h9,11-12H,2-8H2,1H3. The third kappa shape index (κ3) is 8.01. The van der Waals surface area contributed by atoms with Crippen molar-refractivity contribution in [1.82, 2.24) is 0 Å². The van der Waals surface area contributed by atoms with E-state index in [0.29, 0.717) is 19.4 Å². The fraction of sp³-hybridized carbons (Fsp3) is 0.900. The first-order valence-electron chi connectivity index (χ1n) is 5.15. The highest BCUT2D eigenvalue weighted by Gasteiger charge is 2.10. The van der Waals surface area contributed by atoms with Crippen molar-refractivity contribution in [3.05, 3.63) is 0 Å². The van der Waals surface area contributed by atoms with Gasteiger partial charge in [0.2, 0.25) is 0 Å². The predicted octanol–water partition coefficient (Wildman–Crippen LogP) is 0.853. The van der Waals surface area contributed by atoms with Crippen molar-refractivity contribution in [2.24, 2.45) is 0 Å². The van der Waals surface area contributed by atoms with E-state index in [0.717, 1.165) is 12.8 Å². The number of aliphatic hydroxyl groups excluding tert-OH is 2. The summed E-state index contributed by atoms with van der Waals surface area (Å²) in [7, 11) is 0. The average molecular weight is 204 g/mol. The maximum atomic E-state index is 11.0. The molecule has 2 N–H and O–H groups in total. The number of hydrogen-bond acceptors (Lipinski definition) is 4. The Hall–Kier alpha value is -0.610. The van der Waals surface area contributed by atoms with Gasteiger partial charge in [-0.2, -0.15) is 0 Å². The third-order valence-corrected chi connectivity index (χ3v) is 1.81. The van der Waals surface area contributed by atoms with Gasteiger partial charge in [-0.15, -0.1) is 0 Å². The Labute approximate surface area is 84.9 Å². The van der Waals surface area contributed by atoms with E-state index in [-0.39, 0.29) is 19.0 Å². The molecule has 0 spiro atoms. The Kier molecular flexibility index (Phi) is 8.57. The summed E-state index contributed by atoms with van der Waals surface area (Å²) in [4.78, 5) is 11.0. The molecular weight excluding hydrogens is 184 g/mol. The highest BCUT2D eigenvalue weighted by Crippen LogP contribution is 2.05. The first-order chi connectivity index (χ1) is 6.70. The Morgan fingerprint density at radius 3 is 2.71 bits per heavy atom. The molecule has 1 atom stereocenters. The molecule has 14 heavy (non-hydrogen) atoms. The van der Waals surface area contributed by atoms with E-state index in [1.807, 2.05) is 6.92 Å². The second kappa shape index (κ2) is 8.97. The van der Waals surface area contributed by atoms with Gasteiger partial charge in [-0.05, 0) is 25.7 Å². The summed E-state index contributed by atoms with van der Waals surface area (Å²) in [6, 6.07) is 0. The van der Waals surface area contributed by atoms with Gasteiger partial charge in [0.1, 0.15) is 0 Å². The zero-order valence-corrected chi connectivity index (χ0v) is 8.74. The lowest BCUT2D eigenvalue weighted by Crippen LogP contribution is -2.16. The maximum absolute atomic E-state index is 11.0. The fourth-order valence-corrected chi connectivity index (χ4v) is 1.06. The maximum Gasteiger partial charge on any atom is 0.308 e. The van der Waals surface area contributed by atoms with Crippen LogP contribution >= 0.6 is 0 Å². The minimum atomic E-state index is -0.633. The van der Waals surface area contributed by atoms with Crippen molar-refractivity contribution in [3.8, 4) is 0 Å². The van der Waals surface area contributed by atoms with Crippen LogP contribution in [0.4, 0.5) is 0 Å². The number of carbonyl (C=O) groups excluding carboxylic acids is 1. The normalized spacial score (nSPS) is 12.5. The topological polar surface area (TPSA) is 66.8 Å². The minimum Gasteiger partial charge on any atom is -0.466 e. The molecule has 4 nitrogen and oxygen atoms in total. The molecule has 0 aliphatic heterocycles. The van der Waals surface area contributed by atoms with Crippen LogP contribution in [-0.2, 0) is 9.53 Å². The molecule has 0 saturated carbocycles. The van der Waals surface area contributed by atoms with Crippen LogP contribution in [0.15, 0.2) is 0 Å².